The van der Waals surface area contributed by atoms with E-state index in [4.69, 9.17) is 66.0 Å². The summed E-state index contributed by atoms with van der Waals surface area (Å²) in [5.41, 5.74) is 24.9. The number of carbonyl (C=O) groups is 3. The average Bonchev–Trinajstić information content (AvgIpc) is 0.775. The van der Waals surface area contributed by atoms with Gasteiger partial charge in [-0.25, -0.2) is 4.79 Å². The number of methoxy groups -OCH3 is 1. The van der Waals surface area contributed by atoms with E-state index >= 15 is 0 Å². The van der Waals surface area contributed by atoms with E-state index in [1.165, 1.54) is 21.0 Å². The summed E-state index contributed by atoms with van der Waals surface area (Å²) in [5, 5.41) is 8.14. The van der Waals surface area contributed by atoms with Crippen LogP contribution in [0.25, 0.3) is 20.9 Å². The van der Waals surface area contributed by atoms with E-state index in [1.807, 2.05) is 165 Å². The molecule has 482 valence electrons. The molecule has 24 heteroatoms. The lowest BCUT2D eigenvalue weighted by atomic mass is 9.94. The fourth-order valence-electron chi connectivity index (χ4n) is 10.8. The highest BCUT2D eigenvalue weighted by Crippen LogP contribution is 2.47. The summed E-state index contributed by atoms with van der Waals surface area (Å²) in [6.07, 6.45) is -18.0. The molecular weight excluding hydrogens is 1180 g/mol. The molecule has 3 aliphatic rings. The zero-order valence-electron chi connectivity index (χ0n) is 52.2. The maximum absolute atomic E-state index is 14.8. The van der Waals surface area contributed by atoms with Gasteiger partial charge in [-0.2, -0.15) is 0 Å². The maximum Gasteiger partial charge on any atom is 0.337 e. The van der Waals surface area contributed by atoms with Crippen LogP contribution in [0.3, 0.4) is 0 Å². The second-order valence-corrected chi connectivity index (χ2v) is 28.1. The third kappa shape index (κ3) is 18.3. The lowest BCUT2D eigenvalue weighted by molar-refractivity contribution is -0.369. The van der Waals surface area contributed by atoms with Crippen molar-refractivity contribution in [3.05, 3.63) is 200 Å². The zero-order chi connectivity index (χ0) is 64.2. The molecule has 5 aromatic rings. The van der Waals surface area contributed by atoms with Gasteiger partial charge in [-0.1, -0.05) is 190 Å². The maximum atomic E-state index is 14.8. The third-order valence-corrected chi connectivity index (χ3v) is 21.3. The smallest absolute Gasteiger partial charge is 0.337 e. The van der Waals surface area contributed by atoms with Gasteiger partial charge in [0.2, 0.25) is 0 Å². The van der Waals surface area contributed by atoms with Crippen LogP contribution in [-0.4, -0.2) is 139 Å². The lowest BCUT2D eigenvalue weighted by Gasteiger charge is -2.52. The van der Waals surface area contributed by atoms with E-state index in [9.17, 15) is 25.4 Å². The largest absolute Gasteiger partial charge is 0.467 e. The van der Waals surface area contributed by atoms with Crippen molar-refractivity contribution in [2.75, 3.05) is 20.3 Å². The summed E-state index contributed by atoms with van der Waals surface area (Å²) in [5.74, 6) is -2.11. The molecule has 15 atom stereocenters. The van der Waals surface area contributed by atoms with E-state index in [1.54, 1.807) is 0 Å². The normalized spacial score (nSPS) is 26.9. The van der Waals surface area contributed by atoms with E-state index in [0.29, 0.717) is 5.56 Å². The van der Waals surface area contributed by atoms with Crippen LogP contribution in [0.4, 0.5) is 0 Å². The number of hydrogen-bond donors (Lipinski definition) is 0. The molecule has 3 heterocycles. The highest BCUT2D eigenvalue weighted by Gasteiger charge is 2.60. The molecule has 0 aromatic heterocycles. The zero-order valence-corrected chi connectivity index (χ0v) is 53.2. The molecule has 0 aliphatic carbocycles. The Morgan fingerprint density at radius 1 is 0.500 bits per heavy atom. The highest BCUT2D eigenvalue weighted by atomic mass is 28.4. The molecule has 3 saturated heterocycles. The molecule has 3 aliphatic heterocycles. The van der Waals surface area contributed by atoms with Gasteiger partial charge in [-0.05, 0) is 62.9 Å². The standard InChI is InChI=1S/C66H82N6O17Si/c1-42(2)66(5,6)90(8,9)89-65-61(88-64-53(70-72-68)57(82-38-48-31-21-13-22-32-48)55(51(85-64)41-78-44(4)74)80-36-46-27-17-11-18-28-46)58(83-39-49-33-23-14-24-34-49)59(60(87-65)62(75)76-7)86-63-52(69-71-67)56(81-37-47-29-19-12-20-30-47)54(50(84-63)40-77-43(3)73)79-35-45-25-15-10-16-26-45/h10-34,42,50-61,63-65H,35-41H2,1-9H3/t50-,51-,52-,53-,54-,55-,56-,57-,58+,59+,60-,61-,63-,64-,65-/m1/s1. The topological polar surface area (TPSA) is 278 Å². The van der Waals surface area contributed by atoms with E-state index in [0.717, 1.165) is 22.3 Å². The fourth-order valence-corrected chi connectivity index (χ4v) is 13.3. The molecule has 0 saturated carbocycles. The highest BCUT2D eigenvalue weighted by molar-refractivity contribution is 6.74. The van der Waals surface area contributed by atoms with Crippen molar-refractivity contribution >= 4 is 26.2 Å². The molecule has 23 nitrogen and oxygen atoms in total. The van der Waals surface area contributed by atoms with Crippen LogP contribution in [0.2, 0.25) is 18.1 Å². The summed E-state index contributed by atoms with van der Waals surface area (Å²) >= 11 is 0. The quantitative estimate of drug-likeness (QED) is 0.0103. The Labute approximate surface area is 526 Å². The van der Waals surface area contributed by atoms with Gasteiger partial charge in [-0.3, -0.25) is 9.59 Å². The van der Waals surface area contributed by atoms with Crippen LogP contribution in [0.1, 0.15) is 69.4 Å². The summed E-state index contributed by atoms with van der Waals surface area (Å²) in [4.78, 5) is 46.8. The molecule has 3 fully saturated rings. The number of azide groups is 2. The Hall–Kier alpha value is -7.09. The number of rotatable bonds is 30. The average molecular weight is 1260 g/mol. The van der Waals surface area contributed by atoms with Crippen molar-refractivity contribution in [2.24, 2.45) is 16.1 Å². The van der Waals surface area contributed by atoms with Crippen LogP contribution in [0.15, 0.2) is 162 Å². The first kappa shape index (κ1) is 68.8. The minimum atomic E-state index is -3.10. The number of esters is 3. The van der Waals surface area contributed by atoms with Gasteiger partial charge in [0.1, 0.15) is 80.2 Å². The number of ether oxygens (including phenoxy) is 13. The second-order valence-electron chi connectivity index (χ2n) is 23.5. The van der Waals surface area contributed by atoms with E-state index in [-0.39, 0.29) is 52.2 Å². The SMILES string of the molecule is COC(=O)[C@@H]1O[C@H](O[Si](C)(C)C(C)(C)C(C)C)[C@H](O[C@H]2O[C@H](COC(C)=O)[C@@H](OCc3ccccc3)[C@H](OCc3ccccc3)[C@H]2N=[N+]=[N-])[C@@H](OCc2ccccc2)[C@@H]1O[C@H]1O[C@H](COC(C)=O)[C@@H](OCc2ccccc2)[C@H](OCc2ccccc2)[C@H]1N=[N+]=[N-]. The molecule has 0 amide bonds. The fraction of sp³-hybridized carbons (Fsp3) is 0.500. The second kappa shape index (κ2) is 33.3. The third-order valence-electron chi connectivity index (χ3n) is 16.8. The van der Waals surface area contributed by atoms with Crippen molar-refractivity contribution in [1.82, 2.24) is 0 Å². The van der Waals surface area contributed by atoms with Crippen molar-refractivity contribution in [3.8, 4) is 0 Å². The summed E-state index contributed by atoms with van der Waals surface area (Å²) < 4.78 is 93.4. The summed E-state index contributed by atoms with van der Waals surface area (Å²) in [7, 11) is -1.91. The van der Waals surface area contributed by atoms with Gasteiger partial charge in [0.15, 0.2) is 33.3 Å². The Morgan fingerprint density at radius 3 is 1.16 bits per heavy atom. The number of hydrogen-bond acceptors (Lipinski definition) is 19. The molecule has 0 N–H and O–H groups in total. The van der Waals surface area contributed by atoms with Gasteiger partial charge in [-0.15, -0.1) is 0 Å². The molecule has 0 bridgehead atoms. The molecule has 5 aromatic carbocycles. The molecule has 8 rings (SSSR count). The number of nitrogens with zero attached hydrogens (tertiary/aromatic N) is 6. The Kier molecular flexibility index (Phi) is 25.5. The minimum absolute atomic E-state index is 0.00341. The monoisotopic (exact) mass is 1260 g/mol. The Balaban J connectivity index is 1.28. The Morgan fingerprint density at radius 2 is 0.833 bits per heavy atom. The molecule has 0 unspecified atom stereocenters. The van der Waals surface area contributed by atoms with Crippen molar-refractivity contribution < 1.29 is 80.4 Å². The summed E-state index contributed by atoms with van der Waals surface area (Å²) in [6, 6.07) is 43.8. The molecule has 0 radical (unpaired) electrons. The minimum Gasteiger partial charge on any atom is -0.467 e. The first-order chi connectivity index (χ1) is 43.4. The molecule has 90 heavy (non-hydrogen) atoms. The number of benzene rings is 5. The van der Waals surface area contributed by atoms with E-state index < -0.39 is 123 Å². The Bertz CT molecular complexity index is 3130. The van der Waals surface area contributed by atoms with Gasteiger partial charge in [0, 0.05) is 23.7 Å². The predicted octanol–water partition coefficient (Wildman–Crippen LogP) is 11.2. The summed E-state index contributed by atoms with van der Waals surface area (Å²) in [6.45, 7) is 14.1. The van der Waals surface area contributed by atoms with Crippen LogP contribution >= 0.6 is 0 Å². The van der Waals surface area contributed by atoms with Crippen LogP contribution in [0.5, 0.6) is 0 Å². The van der Waals surface area contributed by atoms with Gasteiger partial charge >= 0.3 is 17.9 Å². The van der Waals surface area contributed by atoms with E-state index in [2.05, 4.69) is 47.7 Å². The van der Waals surface area contributed by atoms with Crippen LogP contribution in [-0.2, 0) is 113 Å². The lowest BCUT2D eigenvalue weighted by Crippen LogP contribution is -2.69. The van der Waals surface area contributed by atoms with Gasteiger partial charge in [0.05, 0.1) is 40.1 Å². The first-order valence-electron chi connectivity index (χ1n) is 30.1. The van der Waals surface area contributed by atoms with Crippen LogP contribution in [0, 0.1) is 5.92 Å². The number of carbonyl (C=O) groups excluding carboxylic acids is 3. The first-order valence-corrected chi connectivity index (χ1v) is 33.0. The molecular formula is C66H82N6O17Si. The van der Waals surface area contributed by atoms with Crippen molar-refractivity contribution in [3.63, 3.8) is 0 Å². The van der Waals surface area contributed by atoms with Crippen LogP contribution < -0.4 is 0 Å². The van der Waals surface area contributed by atoms with Crippen molar-refractivity contribution in [1.29, 1.82) is 0 Å². The van der Waals surface area contributed by atoms with Gasteiger partial charge < -0.3 is 66.0 Å². The molecule has 0 spiro atoms. The predicted molar refractivity (Wildman–Crippen MR) is 329 cm³/mol. The van der Waals surface area contributed by atoms with Gasteiger partial charge in [0.25, 0.3) is 0 Å². The van der Waals surface area contributed by atoms with Crippen molar-refractivity contribution in [2.45, 2.75) is 185 Å².